The van der Waals surface area contributed by atoms with Crippen molar-refractivity contribution >= 4 is 0 Å². The van der Waals surface area contributed by atoms with Crippen LogP contribution in [0.5, 0.6) is 5.75 Å². The summed E-state index contributed by atoms with van der Waals surface area (Å²) in [5.74, 6) is 0.997. The Balaban J connectivity index is 3.22. The number of aryl methyl sites for hydroxylation is 2. The molecule has 0 heterocycles. The Labute approximate surface area is 80.4 Å². The Bertz CT molecular complexity index is 300. The Kier molecular flexibility index (Phi) is 2.97. The van der Waals surface area contributed by atoms with E-state index in [2.05, 4.69) is 32.9 Å². The number of hydrogen-bond acceptors (Lipinski definition) is 1. The first-order valence-electron chi connectivity index (χ1n) is 4.88. The van der Waals surface area contributed by atoms with Gasteiger partial charge in [0.1, 0.15) is 5.75 Å². The Morgan fingerprint density at radius 2 is 1.92 bits per heavy atom. The monoisotopic (exact) mass is 178 g/mol. The fraction of sp³-hybridized carbons (Fsp3) is 0.500. The van der Waals surface area contributed by atoms with Crippen molar-refractivity contribution in [3.05, 3.63) is 28.8 Å². The smallest absolute Gasteiger partial charge is 0.121 e. The molecule has 72 valence electrons. The summed E-state index contributed by atoms with van der Waals surface area (Å²) >= 11 is 0. The summed E-state index contributed by atoms with van der Waals surface area (Å²) in [5, 5.41) is 9.70. The van der Waals surface area contributed by atoms with Crippen LogP contribution in [0, 0.1) is 6.92 Å². The number of phenolic OH excluding ortho intramolecular Hbond substituents is 1. The minimum Gasteiger partial charge on any atom is -0.507 e. The van der Waals surface area contributed by atoms with Crippen molar-refractivity contribution in [3.63, 3.8) is 0 Å². The molecule has 1 aromatic rings. The largest absolute Gasteiger partial charge is 0.507 e. The maximum absolute atomic E-state index is 9.70. The molecule has 0 bridgehead atoms. The van der Waals surface area contributed by atoms with E-state index in [1.165, 1.54) is 5.56 Å². The lowest BCUT2D eigenvalue weighted by atomic mass is 9.96. The van der Waals surface area contributed by atoms with E-state index in [4.69, 9.17) is 0 Å². The minimum atomic E-state index is 0.465. The number of aromatic hydroxyl groups is 1. The van der Waals surface area contributed by atoms with Gasteiger partial charge < -0.3 is 5.11 Å². The number of rotatable bonds is 2. The van der Waals surface area contributed by atoms with Gasteiger partial charge in [-0.15, -0.1) is 0 Å². The highest BCUT2D eigenvalue weighted by molar-refractivity contribution is 5.43. The van der Waals surface area contributed by atoms with Crippen LogP contribution >= 0.6 is 0 Å². The van der Waals surface area contributed by atoms with Gasteiger partial charge >= 0.3 is 0 Å². The molecule has 0 aromatic heterocycles. The van der Waals surface area contributed by atoms with Gasteiger partial charge in [0.15, 0.2) is 0 Å². The molecule has 13 heavy (non-hydrogen) atoms. The van der Waals surface area contributed by atoms with Crippen molar-refractivity contribution < 1.29 is 5.11 Å². The summed E-state index contributed by atoms with van der Waals surface area (Å²) in [6.45, 7) is 8.37. The van der Waals surface area contributed by atoms with Gasteiger partial charge in [0, 0.05) is 0 Å². The summed E-state index contributed by atoms with van der Waals surface area (Å²) in [4.78, 5) is 0. The molecule has 0 radical (unpaired) electrons. The molecule has 1 heteroatoms. The molecule has 0 fully saturated rings. The maximum Gasteiger partial charge on any atom is 0.121 e. The van der Waals surface area contributed by atoms with Gasteiger partial charge in [-0.3, -0.25) is 0 Å². The average Bonchev–Trinajstić information content (AvgIpc) is 2.09. The second-order valence-electron chi connectivity index (χ2n) is 3.85. The summed E-state index contributed by atoms with van der Waals surface area (Å²) < 4.78 is 0. The molecular formula is C12H18O. The topological polar surface area (TPSA) is 20.2 Å². The van der Waals surface area contributed by atoms with Crippen molar-refractivity contribution in [2.24, 2.45) is 0 Å². The average molecular weight is 178 g/mol. The molecule has 0 aliphatic rings. The van der Waals surface area contributed by atoms with E-state index in [-0.39, 0.29) is 0 Å². The zero-order chi connectivity index (χ0) is 10.0. The molecule has 0 amide bonds. The molecule has 1 rings (SSSR count). The molecule has 1 N–H and O–H groups in total. The van der Waals surface area contributed by atoms with Crippen LogP contribution in [-0.4, -0.2) is 5.11 Å². The Morgan fingerprint density at radius 1 is 1.31 bits per heavy atom. The molecular weight excluding hydrogens is 160 g/mol. The van der Waals surface area contributed by atoms with E-state index in [1.54, 1.807) is 0 Å². The Morgan fingerprint density at radius 3 is 2.38 bits per heavy atom. The van der Waals surface area contributed by atoms with Crippen LogP contribution in [0.1, 0.15) is 43.4 Å². The van der Waals surface area contributed by atoms with Crippen LogP contribution in [0.2, 0.25) is 0 Å². The summed E-state index contributed by atoms with van der Waals surface area (Å²) in [7, 11) is 0. The van der Waals surface area contributed by atoms with Crippen molar-refractivity contribution in [3.8, 4) is 5.75 Å². The first kappa shape index (κ1) is 10.1. The fourth-order valence-corrected chi connectivity index (χ4v) is 1.49. The molecule has 0 saturated heterocycles. The fourth-order valence-electron chi connectivity index (χ4n) is 1.49. The highest BCUT2D eigenvalue weighted by atomic mass is 16.3. The van der Waals surface area contributed by atoms with Crippen LogP contribution < -0.4 is 0 Å². The quantitative estimate of drug-likeness (QED) is 0.736. The van der Waals surface area contributed by atoms with Crippen molar-refractivity contribution in [1.29, 1.82) is 0 Å². The van der Waals surface area contributed by atoms with Gasteiger partial charge in [-0.2, -0.15) is 0 Å². The number of benzene rings is 1. The predicted molar refractivity (Wildman–Crippen MR) is 56.3 cm³/mol. The molecule has 0 aliphatic heterocycles. The molecule has 0 unspecified atom stereocenters. The zero-order valence-corrected chi connectivity index (χ0v) is 8.89. The number of hydrogen-bond donors (Lipinski definition) is 1. The first-order valence-corrected chi connectivity index (χ1v) is 4.88. The van der Waals surface area contributed by atoms with E-state index in [9.17, 15) is 5.11 Å². The molecule has 0 atom stereocenters. The third kappa shape index (κ3) is 2.03. The van der Waals surface area contributed by atoms with E-state index < -0.39 is 0 Å². The van der Waals surface area contributed by atoms with Crippen LogP contribution in [0.25, 0.3) is 0 Å². The molecule has 0 spiro atoms. The van der Waals surface area contributed by atoms with Gasteiger partial charge in [-0.25, -0.2) is 0 Å². The summed E-state index contributed by atoms with van der Waals surface area (Å²) in [6.07, 6.45) is 0.896. The predicted octanol–water partition coefficient (Wildman–Crippen LogP) is 3.39. The molecule has 1 nitrogen and oxygen atoms in total. The second kappa shape index (κ2) is 3.82. The highest BCUT2D eigenvalue weighted by Crippen LogP contribution is 2.27. The lowest BCUT2D eigenvalue weighted by molar-refractivity contribution is 0.464. The maximum atomic E-state index is 9.70. The van der Waals surface area contributed by atoms with Crippen LogP contribution in [0.15, 0.2) is 12.1 Å². The van der Waals surface area contributed by atoms with Crippen molar-refractivity contribution in [1.82, 2.24) is 0 Å². The van der Waals surface area contributed by atoms with Gasteiger partial charge in [0.2, 0.25) is 0 Å². The third-order valence-electron chi connectivity index (χ3n) is 2.45. The van der Waals surface area contributed by atoms with Gasteiger partial charge in [0.05, 0.1) is 0 Å². The van der Waals surface area contributed by atoms with E-state index in [0.29, 0.717) is 11.7 Å². The first-order chi connectivity index (χ1) is 6.06. The molecule has 0 saturated carbocycles. The Hall–Kier alpha value is -0.980. The van der Waals surface area contributed by atoms with Crippen molar-refractivity contribution in [2.45, 2.75) is 40.0 Å². The molecule has 0 aliphatic carbocycles. The van der Waals surface area contributed by atoms with E-state index >= 15 is 0 Å². The normalized spacial score (nSPS) is 10.8. The van der Waals surface area contributed by atoms with Crippen LogP contribution in [0.4, 0.5) is 0 Å². The third-order valence-corrected chi connectivity index (χ3v) is 2.45. The summed E-state index contributed by atoms with van der Waals surface area (Å²) in [5.41, 5.74) is 3.36. The van der Waals surface area contributed by atoms with Gasteiger partial charge in [-0.05, 0) is 36.0 Å². The summed E-state index contributed by atoms with van der Waals surface area (Å²) in [6, 6.07) is 4.17. The van der Waals surface area contributed by atoms with Crippen LogP contribution in [-0.2, 0) is 6.42 Å². The standard InChI is InChI=1S/C12H18O/c1-5-10-7-11(8(2)3)6-9(4)12(10)13/h6-8,13H,5H2,1-4H3. The highest BCUT2D eigenvalue weighted by Gasteiger charge is 2.07. The van der Waals surface area contributed by atoms with Crippen LogP contribution in [0.3, 0.4) is 0 Å². The lowest BCUT2D eigenvalue weighted by Gasteiger charge is -2.11. The van der Waals surface area contributed by atoms with Gasteiger partial charge in [0.25, 0.3) is 0 Å². The lowest BCUT2D eigenvalue weighted by Crippen LogP contribution is -1.93. The minimum absolute atomic E-state index is 0.465. The zero-order valence-electron chi connectivity index (χ0n) is 8.89. The van der Waals surface area contributed by atoms with Gasteiger partial charge in [-0.1, -0.05) is 32.9 Å². The molecule has 1 aromatic carbocycles. The van der Waals surface area contributed by atoms with Crippen molar-refractivity contribution in [2.75, 3.05) is 0 Å². The SMILES string of the molecule is CCc1cc(C(C)C)cc(C)c1O. The second-order valence-corrected chi connectivity index (χ2v) is 3.85. The number of phenols is 1. The van der Waals surface area contributed by atoms with E-state index in [0.717, 1.165) is 17.5 Å². The van der Waals surface area contributed by atoms with E-state index in [1.807, 2.05) is 6.92 Å².